The number of nitro benzene ring substituents is 1. The number of nitro groups is 1. The van der Waals surface area contributed by atoms with E-state index >= 15 is 0 Å². The van der Waals surface area contributed by atoms with Crippen molar-refractivity contribution < 1.29 is 18.1 Å². The first-order chi connectivity index (χ1) is 14.1. The molecule has 0 saturated carbocycles. The summed E-state index contributed by atoms with van der Waals surface area (Å²) >= 11 is 0. The van der Waals surface area contributed by atoms with Crippen LogP contribution in [0.3, 0.4) is 0 Å². The Morgan fingerprint density at radius 3 is 2.53 bits per heavy atom. The van der Waals surface area contributed by atoms with Gasteiger partial charge in [-0.15, -0.1) is 0 Å². The van der Waals surface area contributed by atoms with E-state index in [1.807, 2.05) is 13.0 Å². The highest BCUT2D eigenvalue weighted by atomic mass is 32.2. The van der Waals surface area contributed by atoms with Crippen LogP contribution in [-0.2, 0) is 27.7 Å². The molecule has 0 aromatic heterocycles. The van der Waals surface area contributed by atoms with Gasteiger partial charge in [0.2, 0.25) is 15.9 Å². The number of fused-ring (bicyclic) bond motifs is 1. The molecule has 0 saturated heterocycles. The number of aryl methyl sites for hydroxylation is 2. The lowest BCUT2D eigenvalue weighted by Gasteiger charge is -2.24. The summed E-state index contributed by atoms with van der Waals surface area (Å²) in [6.45, 7) is 1.38. The molecule has 0 aliphatic heterocycles. The van der Waals surface area contributed by atoms with Gasteiger partial charge in [0.05, 0.1) is 22.9 Å². The number of non-ortho nitro benzene ring substituents is 1. The van der Waals surface area contributed by atoms with Crippen LogP contribution >= 0.6 is 0 Å². The second kappa shape index (κ2) is 8.83. The Bertz CT molecular complexity index is 1070. The maximum absolute atomic E-state index is 12.6. The van der Waals surface area contributed by atoms with Crippen LogP contribution in [0.25, 0.3) is 0 Å². The molecule has 0 unspecified atom stereocenters. The molecule has 2 aromatic carbocycles. The minimum absolute atomic E-state index is 0.0725. The normalized spacial score (nSPS) is 14.5. The number of sulfonamides is 1. The number of hydrogen-bond donors (Lipinski definition) is 1. The molecule has 2 aromatic rings. The largest absolute Gasteiger partial charge is 0.348 e. The summed E-state index contributed by atoms with van der Waals surface area (Å²) in [7, 11) is -3.82. The number of carbonyl (C=O) groups excluding carboxylic acids is 1. The highest BCUT2D eigenvalue weighted by Crippen LogP contribution is 2.25. The van der Waals surface area contributed by atoms with E-state index in [0.717, 1.165) is 41.5 Å². The minimum Gasteiger partial charge on any atom is -0.348 e. The maximum Gasteiger partial charge on any atom is 0.271 e. The third-order valence-electron chi connectivity index (χ3n) is 5.27. The van der Waals surface area contributed by atoms with Crippen LogP contribution in [0.15, 0.2) is 42.5 Å². The molecule has 1 aliphatic rings. The molecule has 1 N–H and O–H groups in total. The Kier molecular flexibility index (Phi) is 6.40. The molecule has 0 fully saturated rings. The summed E-state index contributed by atoms with van der Waals surface area (Å²) < 4.78 is 25.4. The zero-order chi connectivity index (χ0) is 21.9. The summed E-state index contributed by atoms with van der Waals surface area (Å²) in [5.41, 5.74) is 3.43. The van der Waals surface area contributed by atoms with Gasteiger partial charge in [-0.2, -0.15) is 0 Å². The molecular weight excluding hydrogens is 406 g/mol. The van der Waals surface area contributed by atoms with Crippen molar-refractivity contribution in [2.24, 2.45) is 0 Å². The van der Waals surface area contributed by atoms with Gasteiger partial charge in [-0.1, -0.05) is 24.3 Å². The first kappa shape index (κ1) is 21.8. The number of nitrogens with one attached hydrogen (secondary N) is 1. The van der Waals surface area contributed by atoms with Gasteiger partial charge >= 0.3 is 0 Å². The fourth-order valence-electron chi connectivity index (χ4n) is 3.69. The van der Waals surface area contributed by atoms with Gasteiger partial charge in [-0.05, 0) is 55.4 Å². The third kappa shape index (κ3) is 5.15. The van der Waals surface area contributed by atoms with Crippen molar-refractivity contribution in [2.75, 3.05) is 17.1 Å². The SMILES string of the molecule is C[C@H](NC(=O)CN(c1cccc([N+](=O)[O-])c1)S(C)(=O)=O)c1ccc2c(c1)CCCC2. The molecular formula is C21H25N3O5S. The van der Waals surface area contributed by atoms with E-state index in [1.54, 1.807) is 0 Å². The van der Waals surface area contributed by atoms with Gasteiger partial charge in [-0.3, -0.25) is 19.2 Å². The second-order valence-corrected chi connectivity index (χ2v) is 9.48. The lowest BCUT2D eigenvalue weighted by atomic mass is 9.89. The van der Waals surface area contributed by atoms with Crippen molar-refractivity contribution in [3.63, 3.8) is 0 Å². The van der Waals surface area contributed by atoms with Crippen LogP contribution in [0.4, 0.5) is 11.4 Å². The third-order valence-corrected chi connectivity index (χ3v) is 6.41. The highest BCUT2D eigenvalue weighted by molar-refractivity contribution is 7.92. The lowest BCUT2D eigenvalue weighted by molar-refractivity contribution is -0.384. The number of nitrogens with zero attached hydrogens (tertiary/aromatic N) is 2. The van der Waals surface area contributed by atoms with E-state index in [-0.39, 0.29) is 17.4 Å². The Morgan fingerprint density at radius 2 is 1.87 bits per heavy atom. The fraction of sp³-hybridized carbons (Fsp3) is 0.381. The number of rotatable bonds is 7. The average molecular weight is 432 g/mol. The molecule has 0 radical (unpaired) electrons. The van der Waals surface area contributed by atoms with E-state index in [0.29, 0.717) is 0 Å². The van der Waals surface area contributed by atoms with Gasteiger partial charge in [-0.25, -0.2) is 8.42 Å². The van der Waals surface area contributed by atoms with E-state index in [4.69, 9.17) is 0 Å². The van der Waals surface area contributed by atoms with Gasteiger partial charge in [0.15, 0.2) is 0 Å². The number of carbonyl (C=O) groups is 1. The smallest absolute Gasteiger partial charge is 0.271 e. The molecule has 3 rings (SSSR count). The van der Waals surface area contributed by atoms with Crippen molar-refractivity contribution in [3.05, 3.63) is 69.3 Å². The number of benzene rings is 2. The topological polar surface area (TPSA) is 110 Å². The Hall–Kier alpha value is -2.94. The molecule has 0 bridgehead atoms. The van der Waals surface area contributed by atoms with E-state index in [2.05, 4.69) is 17.4 Å². The molecule has 8 nitrogen and oxygen atoms in total. The van der Waals surface area contributed by atoms with Gasteiger partial charge in [0.25, 0.3) is 5.69 Å². The Labute approximate surface area is 176 Å². The van der Waals surface area contributed by atoms with Crippen LogP contribution < -0.4 is 9.62 Å². The second-order valence-electron chi connectivity index (χ2n) is 7.57. The van der Waals surface area contributed by atoms with Gasteiger partial charge in [0, 0.05) is 12.1 Å². The van der Waals surface area contributed by atoms with E-state index < -0.39 is 27.4 Å². The van der Waals surface area contributed by atoms with Crippen molar-refractivity contribution >= 4 is 27.3 Å². The van der Waals surface area contributed by atoms with E-state index in [1.165, 1.54) is 35.7 Å². The minimum atomic E-state index is -3.82. The molecule has 9 heteroatoms. The quantitative estimate of drug-likeness (QED) is 0.535. The summed E-state index contributed by atoms with van der Waals surface area (Å²) in [6, 6.07) is 11.1. The van der Waals surface area contributed by atoms with Crippen LogP contribution in [0.2, 0.25) is 0 Å². The van der Waals surface area contributed by atoms with Crippen molar-refractivity contribution in [1.29, 1.82) is 0 Å². The monoisotopic (exact) mass is 431 g/mol. The number of anilines is 1. The summed E-state index contributed by atoms with van der Waals surface area (Å²) in [5, 5.41) is 13.8. The molecule has 1 amide bonds. The molecule has 30 heavy (non-hydrogen) atoms. The zero-order valence-corrected chi connectivity index (χ0v) is 17.8. The van der Waals surface area contributed by atoms with Crippen LogP contribution in [0.1, 0.15) is 42.5 Å². The fourth-order valence-corrected chi connectivity index (χ4v) is 4.53. The van der Waals surface area contributed by atoms with Gasteiger partial charge in [0.1, 0.15) is 6.54 Å². The summed E-state index contributed by atoms with van der Waals surface area (Å²) in [6.07, 6.45) is 5.41. The van der Waals surface area contributed by atoms with Crippen LogP contribution in [0.5, 0.6) is 0 Å². The summed E-state index contributed by atoms with van der Waals surface area (Å²) in [5.74, 6) is -0.489. The van der Waals surface area contributed by atoms with Crippen molar-refractivity contribution in [3.8, 4) is 0 Å². The predicted octanol–water partition coefficient (Wildman–Crippen LogP) is 3.12. The summed E-state index contributed by atoms with van der Waals surface area (Å²) in [4.78, 5) is 23.0. The lowest BCUT2D eigenvalue weighted by Crippen LogP contribution is -2.41. The number of amides is 1. The van der Waals surface area contributed by atoms with Crippen LogP contribution in [0, 0.1) is 10.1 Å². The Morgan fingerprint density at radius 1 is 1.17 bits per heavy atom. The highest BCUT2D eigenvalue weighted by Gasteiger charge is 2.23. The van der Waals surface area contributed by atoms with Gasteiger partial charge < -0.3 is 5.32 Å². The molecule has 0 heterocycles. The molecule has 1 atom stereocenters. The predicted molar refractivity (Wildman–Crippen MR) is 115 cm³/mol. The number of hydrogen-bond acceptors (Lipinski definition) is 5. The van der Waals surface area contributed by atoms with Crippen LogP contribution in [-0.4, -0.2) is 32.0 Å². The molecule has 1 aliphatic carbocycles. The maximum atomic E-state index is 12.6. The van der Waals surface area contributed by atoms with E-state index in [9.17, 15) is 23.3 Å². The van der Waals surface area contributed by atoms with Crippen molar-refractivity contribution in [1.82, 2.24) is 5.32 Å². The first-order valence-corrected chi connectivity index (χ1v) is 11.6. The first-order valence-electron chi connectivity index (χ1n) is 9.78. The molecule has 0 spiro atoms. The zero-order valence-electron chi connectivity index (χ0n) is 17.0. The van der Waals surface area contributed by atoms with Crippen molar-refractivity contribution in [2.45, 2.75) is 38.6 Å². The molecule has 160 valence electrons. The Balaban J connectivity index is 1.75. The standard InChI is InChI=1S/C21H25N3O5S/c1-15(17-11-10-16-6-3-4-7-18(16)12-17)22-21(25)14-23(30(2,28)29)19-8-5-9-20(13-19)24(26)27/h5,8-13,15H,3-4,6-7,14H2,1-2H3,(H,22,25)/t15-/m0/s1. The average Bonchev–Trinajstić information content (AvgIpc) is 2.70.